The first-order valence-electron chi connectivity index (χ1n) is 6.86. The van der Waals surface area contributed by atoms with E-state index in [1.54, 1.807) is 0 Å². The Hall–Kier alpha value is -1.70. The molecule has 1 aliphatic heterocycles. The van der Waals surface area contributed by atoms with E-state index in [-0.39, 0.29) is 0 Å². The summed E-state index contributed by atoms with van der Waals surface area (Å²) < 4.78 is 0. The second-order valence-electron chi connectivity index (χ2n) is 5.09. The standard InChI is InChI=1S/C16H20N2/c1-2-14(12-7-9-17-10-8-12)16-11-13-5-3-4-6-15(13)18-16/h3-7,9,11-12,14,17-18H,2,8,10H2,1H3. The maximum atomic E-state index is 3.59. The lowest BCUT2D eigenvalue weighted by molar-refractivity contribution is 0.436. The number of hydrogen-bond donors (Lipinski definition) is 2. The highest BCUT2D eigenvalue weighted by Crippen LogP contribution is 2.33. The highest BCUT2D eigenvalue weighted by Gasteiger charge is 2.22. The van der Waals surface area contributed by atoms with Crippen LogP contribution < -0.4 is 5.32 Å². The van der Waals surface area contributed by atoms with Crippen LogP contribution in [0.2, 0.25) is 0 Å². The Balaban J connectivity index is 1.95. The smallest absolute Gasteiger partial charge is 0.0456 e. The first-order chi connectivity index (χ1) is 8.88. The van der Waals surface area contributed by atoms with Gasteiger partial charge in [0.2, 0.25) is 0 Å². The zero-order chi connectivity index (χ0) is 12.4. The number of aromatic nitrogens is 1. The van der Waals surface area contributed by atoms with Crippen molar-refractivity contribution in [3.63, 3.8) is 0 Å². The third-order valence-electron chi connectivity index (χ3n) is 3.99. The Labute approximate surface area is 108 Å². The van der Waals surface area contributed by atoms with E-state index < -0.39 is 0 Å². The second-order valence-corrected chi connectivity index (χ2v) is 5.09. The van der Waals surface area contributed by atoms with Crippen molar-refractivity contribution in [2.75, 3.05) is 6.54 Å². The quantitative estimate of drug-likeness (QED) is 0.839. The van der Waals surface area contributed by atoms with E-state index in [2.05, 4.69) is 59.8 Å². The van der Waals surface area contributed by atoms with Crippen LogP contribution in [0.25, 0.3) is 10.9 Å². The van der Waals surface area contributed by atoms with Gasteiger partial charge in [0.25, 0.3) is 0 Å². The van der Waals surface area contributed by atoms with Crippen molar-refractivity contribution in [1.29, 1.82) is 0 Å². The lowest BCUT2D eigenvalue weighted by Crippen LogP contribution is -2.22. The summed E-state index contributed by atoms with van der Waals surface area (Å²) in [6.45, 7) is 3.38. The van der Waals surface area contributed by atoms with Crippen LogP contribution in [0.4, 0.5) is 0 Å². The van der Waals surface area contributed by atoms with Crippen LogP contribution in [0.5, 0.6) is 0 Å². The van der Waals surface area contributed by atoms with Gasteiger partial charge in [-0.1, -0.05) is 31.2 Å². The largest absolute Gasteiger partial charge is 0.391 e. The van der Waals surface area contributed by atoms with E-state index >= 15 is 0 Å². The second kappa shape index (κ2) is 4.89. The molecule has 2 N–H and O–H groups in total. The number of nitrogens with one attached hydrogen (secondary N) is 2. The summed E-state index contributed by atoms with van der Waals surface area (Å²) in [6, 6.07) is 10.9. The SMILES string of the molecule is CCC(c1cc2ccccc2[nH]1)C1C=CNCC1. The van der Waals surface area contributed by atoms with E-state index in [4.69, 9.17) is 0 Å². The predicted molar refractivity (Wildman–Crippen MR) is 76.6 cm³/mol. The van der Waals surface area contributed by atoms with Crippen LogP contribution in [0.3, 0.4) is 0 Å². The number of aromatic amines is 1. The van der Waals surface area contributed by atoms with Gasteiger partial charge in [0.1, 0.15) is 0 Å². The fraction of sp³-hybridized carbons (Fsp3) is 0.375. The zero-order valence-corrected chi connectivity index (χ0v) is 10.8. The van der Waals surface area contributed by atoms with Crippen LogP contribution in [-0.4, -0.2) is 11.5 Å². The van der Waals surface area contributed by atoms with Crippen LogP contribution in [0.1, 0.15) is 31.4 Å². The minimum atomic E-state index is 0.607. The summed E-state index contributed by atoms with van der Waals surface area (Å²) in [4.78, 5) is 3.59. The maximum Gasteiger partial charge on any atom is 0.0456 e. The molecule has 2 aromatic rings. The van der Waals surface area contributed by atoms with Crippen LogP contribution in [0.15, 0.2) is 42.6 Å². The highest BCUT2D eigenvalue weighted by molar-refractivity contribution is 5.80. The van der Waals surface area contributed by atoms with Crippen molar-refractivity contribution in [3.8, 4) is 0 Å². The molecule has 94 valence electrons. The van der Waals surface area contributed by atoms with Crippen molar-refractivity contribution in [2.45, 2.75) is 25.7 Å². The molecular formula is C16H20N2. The number of benzene rings is 1. The fourth-order valence-corrected chi connectivity index (χ4v) is 3.01. The minimum absolute atomic E-state index is 0.607. The summed E-state index contributed by atoms with van der Waals surface area (Å²) in [5.74, 6) is 1.26. The molecule has 0 bridgehead atoms. The number of rotatable bonds is 3. The summed E-state index contributed by atoms with van der Waals surface area (Å²) in [7, 11) is 0. The number of hydrogen-bond acceptors (Lipinski definition) is 1. The fourth-order valence-electron chi connectivity index (χ4n) is 3.01. The Bertz CT molecular complexity index is 520. The number of allylic oxidation sites excluding steroid dienone is 1. The van der Waals surface area contributed by atoms with Gasteiger partial charge in [-0.15, -0.1) is 0 Å². The van der Waals surface area contributed by atoms with Crippen molar-refractivity contribution < 1.29 is 0 Å². The average molecular weight is 240 g/mol. The molecule has 2 atom stereocenters. The minimum Gasteiger partial charge on any atom is -0.391 e. The predicted octanol–water partition coefficient (Wildman–Crippen LogP) is 3.78. The zero-order valence-electron chi connectivity index (χ0n) is 10.8. The van der Waals surface area contributed by atoms with Gasteiger partial charge in [0.05, 0.1) is 0 Å². The van der Waals surface area contributed by atoms with Crippen LogP contribution >= 0.6 is 0 Å². The number of H-pyrrole nitrogens is 1. The average Bonchev–Trinajstić information content (AvgIpc) is 2.84. The van der Waals surface area contributed by atoms with Gasteiger partial charge in [-0.3, -0.25) is 0 Å². The van der Waals surface area contributed by atoms with Crippen LogP contribution in [-0.2, 0) is 0 Å². The molecule has 1 aromatic heterocycles. The molecule has 2 unspecified atom stereocenters. The monoisotopic (exact) mass is 240 g/mol. The first-order valence-corrected chi connectivity index (χ1v) is 6.86. The Kier molecular flexibility index (Phi) is 3.09. The third-order valence-corrected chi connectivity index (χ3v) is 3.99. The van der Waals surface area contributed by atoms with Crippen molar-refractivity contribution in [1.82, 2.24) is 10.3 Å². The van der Waals surface area contributed by atoms with Crippen molar-refractivity contribution in [3.05, 3.63) is 48.3 Å². The summed E-state index contributed by atoms with van der Waals surface area (Å²) in [6.07, 6.45) is 6.84. The Morgan fingerprint density at radius 3 is 2.94 bits per heavy atom. The van der Waals surface area contributed by atoms with Gasteiger partial charge >= 0.3 is 0 Å². The molecule has 0 radical (unpaired) electrons. The lowest BCUT2D eigenvalue weighted by atomic mass is 9.84. The van der Waals surface area contributed by atoms with Gasteiger partial charge in [0.15, 0.2) is 0 Å². The molecule has 0 saturated carbocycles. The lowest BCUT2D eigenvalue weighted by Gasteiger charge is -2.25. The molecule has 1 aromatic carbocycles. The molecular weight excluding hydrogens is 220 g/mol. The topological polar surface area (TPSA) is 27.8 Å². The van der Waals surface area contributed by atoms with E-state index in [0.717, 1.165) is 6.54 Å². The van der Waals surface area contributed by atoms with E-state index in [0.29, 0.717) is 11.8 Å². The molecule has 2 heterocycles. The summed E-state index contributed by atoms with van der Waals surface area (Å²) >= 11 is 0. The Morgan fingerprint density at radius 1 is 1.33 bits per heavy atom. The summed E-state index contributed by atoms with van der Waals surface area (Å²) in [5.41, 5.74) is 2.64. The van der Waals surface area contributed by atoms with E-state index in [1.807, 2.05) is 0 Å². The van der Waals surface area contributed by atoms with Gasteiger partial charge in [-0.05, 0) is 42.5 Å². The van der Waals surface area contributed by atoms with E-state index in [1.165, 1.54) is 29.4 Å². The molecule has 0 saturated heterocycles. The molecule has 2 heteroatoms. The molecule has 1 aliphatic rings. The van der Waals surface area contributed by atoms with Gasteiger partial charge < -0.3 is 10.3 Å². The molecule has 0 fully saturated rings. The van der Waals surface area contributed by atoms with Crippen LogP contribution in [0, 0.1) is 5.92 Å². The first kappa shape index (κ1) is 11.4. The number of para-hydroxylation sites is 1. The van der Waals surface area contributed by atoms with Crippen molar-refractivity contribution in [2.24, 2.45) is 5.92 Å². The maximum absolute atomic E-state index is 3.59. The molecule has 0 amide bonds. The van der Waals surface area contributed by atoms with Gasteiger partial charge in [-0.2, -0.15) is 0 Å². The third kappa shape index (κ3) is 2.03. The molecule has 2 nitrogen and oxygen atoms in total. The molecule has 3 rings (SSSR count). The van der Waals surface area contributed by atoms with Gasteiger partial charge in [-0.25, -0.2) is 0 Å². The molecule has 18 heavy (non-hydrogen) atoms. The van der Waals surface area contributed by atoms with Gasteiger partial charge in [0, 0.05) is 23.7 Å². The molecule has 0 spiro atoms. The Morgan fingerprint density at radius 2 is 2.22 bits per heavy atom. The summed E-state index contributed by atoms with van der Waals surface area (Å²) in [5, 5.41) is 4.60. The normalized spacial score (nSPS) is 20.8. The highest BCUT2D eigenvalue weighted by atomic mass is 14.8. The molecule has 0 aliphatic carbocycles. The van der Waals surface area contributed by atoms with Crippen molar-refractivity contribution >= 4 is 10.9 Å². The van der Waals surface area contributed by atoms with E-state index in [9.17, 15) is 0 Å². The number of fused-ring (bicyclic) bond motifs is 1.